The van der Waals surface area contributed by atoms with Gasteiger partial charge in [-0.2, -0.15) is 0 Å². The molecular weight excluding hydrogens is 395 g/mol. The minimum Gasteiger partial charge on any atom is -0.478 e. The summed E-state index contributed by atoms with van der Waals surface area (Å²) in [5.41, 5.74) is 3.09. The zero-order valence-electron chi connectivity index (χ0n) is 15.6. The van der Waals surface area contributed by atoms with Crippen molar-refractivity contribution in [2.75, 3.05) is 0 Å². The molecule has 0 aliphatic carbocycles. The summed E-state index contributed by atoms with van der Waals surface area (Å²) in [6, 6.07) is 20.4. The van der Waals surface area contributed by atoms with Crippen LogP contribution in [-0.4, -0.2) is 22.0 Å². The van der Waals surface area contributed by atoms with E-state index in [0.717, 1.165) is 11.1 Å². The van der Waals surface area contributed by atoms with E-state index in [1.807, 2.05) is 41.0 Å². The zero-order chi connectivity index (χ0) is 21.3. The molecule has 0 saturated carbocycles. The molecule has 0 unspecified atom stereocenters. The molecule has 4 aromatic rings. The molecule has 3 aromatic carbocycles. The van der Waals surface area contributed by atoms with Crippen LogP contribution < -0.4 is 4.74 Å². The molecule has 0 bridgehead atoms. The molecule has 7 heteroatoms. The smallest absolute Gasteiger partial charge is 0.478 e. The van der Waals surface area contributed by atoms with Gasteiger partial charge in [0.1, 0.15) is 5.75 Å². The highest BCUT2D eigenvalue weighted by molar-refractivity contribution is 6.10. The third-order valence-electron chi connectivity index (χ3n) is 4.73. The molecule has 0 fully saturated rings. The van der Waals surface area contributed by atoms with Crippen molar-refractivity contribution in [3.8, 4) is 16.9 Å². The van der Waals surface area contributed by atoms with Crippen molar-refractivity contribution < 1.29 is 27.8 Å². The molecule has 4 rings (SSSR count). The van der Waals surface area contributed by atoms with Gasteiger partial charge in [-0.1, -0.05) is 54.6 Å². The maximum atomic E-state index is 12.4. The Labute approximate surface area is 169 Å². The Morgan fingerprint density at radius 1 is 0.933 bits per heavy atom. The average molecular weight is 411 g/mol. The van der Waals surface area contributed by atoms with Crippen LogP contribution in [0.1, 0.15) is 15.9 Å². The maximum Gasteiger partial charge on any atom is 0.573 e. The first kappa shape index (κ1) is 19.6. The number of fused-ring (bicyclic) bond motifs is 1. The van der Waals surface area contributed by atoms with Gasteiger partial charge in [0.15, 0.2) is 0 Å². The lowest BCUT2D eigenvalue weighted by Gasteiger charge is -2.11. The number of hydrogen-bond donors (Lipinski definition) is 1. The van der Waals surface area contributed by atoms with Crippen LogP contribution in [0.25, 0.3) is 22.0 Å². The monoisotopic (exact) mass is 411 g/mol. The van der Waals surface area contributed by atoms with Crippen LogP contribution in [0, 0.1) is 0 Å². The Kier molecular flexibility index (Phi) is 4.95. The number of carboxylic acid groups (broad SMARTS) is 1. The molecular formula is C23H16F3NO3. The van der Waals surface area contributed by atoms with Crippen molar-refractivity contribution in [2.45, 2.75) is 12.9 Å². The Hall–Kier alpha value is -3.74. The summed E-state index contributed by atoms with van der Waals surface area (Å²) in [5.74, 6) is -1.41. The van der Waals surface area contributed by atoms with Gasteiger partial charge in [0.25, 0.3) is 0 Å². The second-order valence-corrected chi connectivity index (χ2v) is 6.73. The van der Waals surface area contributed by atoms with Gasteiger partial charge >= 0.3 is 12.3 Å². The lowest BCUT2D eigenvalue weighted by molar-refractivity contribution is -0.274. The first-order valence-corrected chi connectivity index (χ1v) is 9.07. The highest BCUT2D eigenvalue weighted by Crippen LogP contribution is 2.34. The van der Waals surface area contributed by atoms with Gasteiger partial charge < -0.3 is 14.4 Å². The number of rotatable bonds is 5. The van der Waals surface area contributed by atoms with E-state index in [1.54, 1.807) is 18.3 Å². The number of alkyl halides is 3. The summed E-state index contributed by atoms with van der Waals surface area (Å²) in [4.78, 5) is 11.9. The van der Waals surface area contributed by atoms with Gasteiger partial charge in [0.2, 0.25) is 0 Å². The molecule has 1 aromatic heterocycles. The van der Waals surface area contributed by atoms with Crippen LogP contribution in [0.2, 0.25) is 0 Å². The highest BCUT2D eigenvalue weighted by atomic mass is 19.4. The van der Waals surface area contributed by atoms with E-state index >= 15 is 0 Å². The van der Waals surface area contributed by atoms with Crippen molar-refractivity contribution in [2.24, 2.45) is 0 Å². The zero-order valence-corrected chi connectivity index (χ0v) is 15.6. The van der Waals surface area contributed by atoms with Crippen LogP contribution >= 0.6 is 0 Å². The first-order valence-electron chi connectivity index (χ1n) is 9.07. The summed E-state index contributed by atoms with van der Waals surface area (Å²) in [6.45, 7) is 0.492. The highest BCUT2D eigenvalue weighted by Gasteiger charge is 2.31. The standard InChI is InChI=1S/C23H16F3NO3/c24-23(25,26)30-17-11-9-16(10-12-17)18-7-4-8-20-21(18)19(22(28)29)14-27(20)13-15-5-2-1-3-6-15/h1-12,14H,13H2,(H,28,29). The molecule has 0 atom stereocenters. The third-order valence-corrected chi connectivity index (χ3v) is 4.73. The number of aromatic nitrogens is 1. The summed E-state index contributed by atoms with van der Waals surface area (Å²) in [7, 11) is 0. The largest absolute Gasteiger partial charge is 0.573 e. The molecule has 0 radical (unpaired) electrons. The maximum absolute atomic E-state index is 12.4. The fourth-order valence-corrected chi connectivity index (χ4v) is 3.50. The molecule has 0 spiro atoms. The van der Waals surface area contributed by atoms with Crippen molar-refractivity contribution >= 4 is 16.9 Å². The Balaban J connectivity index is 1.80. The predicted octanol–water partition coefficient (Wildman–Crippen LogP) is 5.95. The summed E-state index contributed by atoms with van der Waals surface area (Å²) < 4.78 is 43.0. The second-order valence-electron chi connectivity index (χ2n) is 6.73. The number of nitrogens with zero attached hydrogens (tertiary/aromatic N) is 1. The fraction of sp³-hybridized carbons (Fsp3) is 0.0870. The van der Waals surface area contributed by atoms with E-state index in [4.69, 9.17) is 0 Å². The average Bonchev–Trinajstić information content (AvgIpc) is 3.07. The van der Waals surface area contributed by atoms with Crippen LogP contribution in [0.3, 0.4) is 0 Å². The number of carbonyl (C=O) groups is 1. The van der Waals surface area contributed by atoms with Crippen LogP contribution in [0.15, 0.2) is 79.0 Å². The van der Waals surface area contributed by atoms with Gasteiger partial charge in [0.05, 0.1) is 5.56 Å². The molecule has 0 amide bonds. The number of halogens is 3. The van der Waals surface area contributed by atoms with Crippen molar-refractivity contribution in [1.82, 2.24) is 4.57 Å². The molecule has 0 aliphatic rings. The van der Waals surface area contributed by atoms with E-state index < -0.39 is 12.3 Å². The third kappa shape index (κ3) is 4.00. The fourth-order valence-electron chi connectivity index (χ4n) is 3.50. The Bertz CT molecular complexity index is 1200. The van der Waals surface area contributed by atoms with Crippen molar-refractivity contribution in [3.05, 3.63) is 90.1 Å². The lowest BCUT2D eigenvalue weighted by atomic mass is 9.99. The van der Waals surface area contributed by atoms with Gasteiger partial charge in [-0.15, -0.1) is 13.2 Å². The minimum atomic E-state index is -4.77. The number of hydrogen-bond acceptors (Lipinski definition) is 2. The van der Waals surface area contributed by atoms with E-state index in [-0.39, 0.29) is 11.3 Å². The molecule has 1 heterocycles. The topological polar surface area (TPSA) is 51.5 Å². The number of aromatic carboxylic acids is 1. The van der Waals surface area contributed by atoms with E-state index in [1.165, 1.54) is 24.3 Å². The Morgan fingerprint density at radius 3 is 2.27 bits per heavy atom. The molecule has 152 valence electrons. The molecule has 1 N–H and O–H groups in total. The normalized spacial score (nSPS) is 11.6. The molecule has 0 aliphatic heterocycles. The van der Waals surface area contributed by atoms with Gasteiger partial charge in [0, 0.05) is 23.6 Å². The molecule has 0 saturated heterocycles. The van der Waals surface area contributed by atoms with Crippen LogP contribution in [-0.2, 0) is 6.54 Å². The van der Waals surface area contributed by atoms with Crippen LogP contribution in [0.4, 0.5) is 13.2 Å². The van der Waals surface area contributed by atoms with Crippen molar-refractivity contribution in [1.29, 1.82) is 0 Å². The van der Waals surface area contributed by atoms with Crippen LogP contribution in [0.5, 0.6) is 5.75 Å². The number of ether oxygens (including phenoxy) is 1. The predicted molar refractivity (Wildman–Crippen MR) is 107 cm³/mol. The van der Waals surface area contributed by atoms with E-state index in [9.17, 15) is 23.1 Å². The molecule has 30 heavy (non-hydrogen) atoms. The van der Waals surface area contributed by atoms with E-state index in [2.05, 4.69) is 4.74 Å². The summed E-state index contributed by atoms with van der Waals surface area (Å²) >= 11 is 0. The van der Waals surface area contributed by atoms with Gasteiger partial charge in [-0.25, -0.2) is 4.79 Å². The van der Waals surface area contributed by atoms with Gasteiger partial charge in [-0.05, 0) is 34.9 Å². The van der Waals surface area contributed by atoms with E-state index in [0.29, 0.717) is 23.1 Å². The first-order chi connectivity index (χ1) is 14.3. The summed E-state index contributed by atoms with van der Waals surface area (Å²) in [5, 5.41) is 10.3. The SMILES string of the molecule is O=C(O)c1cn(Cc2ccccc2)c2cccc(-c3ccc(OC(F)(F)F)cc3)c12. The second kappa shape index (κ2) is 7.59. The lowest BCUT2D eigenvalue weighted by Crippen LogP contribution is -2.16. The number of carboxylic acids is 1. The minimum absolute atomic E-state index is 0.132. The molecule has 4 nitrogen and oxygen atoms in total. The van der Waals surface area contributed by atoms with Gasteiger partial charge in [-0.3, -0.25) is 0 Å². The summed E-state index contributed by atoms with van der Waals surface area (Å²) in [6.07, 6.45) is -3.18. The number of benzene rings is 3. The Morgan fingerprint density at radius 2 is 1.63 bits per heavy atom. The quantitative estimate of drug-likeness (QED) is 0.441. The van der Waals surface area contributed by atoms with Crippen molar-refractivity contribution in [3.63, 3.8) is 0 Å².